The molecule has 182 valence electrons. The Kier molecular flexibility index (Phi) is 7.67. The van der Waals surface area contributed by atoms with Crippen LogP contribution in [-0.4, -0.2) is 55.0 Å². The fourth-order valence-electron chi connectivity index (χ4n) is 4.84. The van der Waals surface area contributed by atoms with Gasteiger partial charge in [-0.25, -0.2) is 0 Å². The zero-order valence-electron chi connectivity index (χ0n) is 20.1. The number of fused-ring (bicyclic) bond motifs is 1. The topological polar surface area (TPSA) is 94.7 Å². The van der Waals surface area contributed by atoms with Crippen molar-refractivity contribution in [1.29, 1.82) is 0 Å². The molecule has 4 rings (SSSR count). The number of aromatic amines is 1. The summed E-state index contributed by atoms with van der Waals surface area (Å²) in [6, 6.07) is 9.66. The van der Waals surface area contributed by atoms with Gasteiger partial charge < -0.3 is 19.9 Å². The number of amides is 1. The molecule has 0 radical (unpaired) electrons. The third kappa shape index (κ3) is 5.67. The monoisotopic (exact) mass is 466 g/mol. The van der Waals surface area contributed by atoms with Gasteiger partial charge in [-0.1, -0.05) is 12.1 Å². The molecule has 0 bridgehead atoms. The summed E-state index contributed by atoms with van der Waals surface area (Å²) < 4.78 is 5.12. The summed E-state index contributed by atoms with van der Waals surface area (Å²) in [4.78, 5) is 44.4. The molecule has 8 heteroatoms. The number of rotatable bonds is 7. The lowest BCUT2D eigenvalue weighted by Gasteiger charge is -2.30. The van der Waals surface area contributed by atoms with Crippen LogP contribution in [0.4, 0.5) is 5.69 Å². The minimum Gasteiger partial charge on any atom is -0.466 e. The van der Waals surface area contributed by atoms with E-state index in [-0.39, 0.29) is 28.9 Å². The molecule has 1 aromatic carbocycles. The van der Waals surface area contributed by atoms with E-state index in [2.05, 4.69) is 39.3 Å². The molecule has 1 amide bonds. The summed E-state index contributed by atoms with van der Waals surface area (Å²) in [5.74, 6) is -0.538. The maximum absolute atomic E-state index is 12.6. The molecule has 0 atom stereocenters. The van der Waals surface area contributed by atoms with E-state index in [1.54, 1.807) is 12.1 Å². The number of anilines is 1. The van der Waals surface area contributed by atoms with Crippen molar-refractivity contribution in [3.8, 4) is 0 Å². The quantitative estimate of drug-likeness (QED) is 0.609. The van der Waals surface area contributed by atoms with E-state index in [0.717, 1.165) is 56.6 Å². The van der Waals surface area contributed by atoms with E-state index in [0.29, 0.717) is 19.7 Å². The van der Waals surface area contributed by atoms with Gasteiger partial charge in [0.25, 0.3) is 11.5 Å². The second-order valence-electron chi connectivity index (χ2n) is 9.20. The number of piperidine rings is 1. The van der Waals surface area contributed by atoms with Crippen LogP contribution in [0.25, 0.3) is 0 Å². The van der Waals surface area contributed by atoms with Crippen molar-refractivity contribution in [2.75, 3.05) is 38.2 Å². The first-order chi connectivity index (χ1) is 16.4. The van der Waals surface area contributed by atoms with Gasteiger partial charge in [-0.05, 0) is 75.0 Å². The van der Waals surface area contributed by atoms with Crippen LogP contribution in [0.3, 0.4) is 0 Å². The summed E-state index contributed by atoms with van der Waals surface area (Å²) >= 11 is 0. The second kappa shape index (κ2) is 10.9. The first-order valence-electron chi connectivity index (χ1n) is 12.2. The molecule has 2 aliphatic rings. The zero-order valence-corrected chi connectivity index (χ0v) is 20.1. The number of H-pyrrole nitrogens is 1. The van der Waals surface area contributed by atoms with Gasteiger partial charge in [0.2, 0.25) is 0 Å². The smallest absolute Gasteiger partial charge is 0.309 e. The van der Waals surface area contributed by atoms with Crippen LogP contribution in [0, 0.1) is 5.92 Å². The molecule has 0 unspecified atom stereocenters. The Hall–Kier alpha value is -3.13. The molecule has 2 aromatic rings. The molecular formula is C26H34N4O4. The first-order valence-corrected chi connectivity index (χ1v) is 12.2. The van der Waals surface area contributed by atoms with Gasteiger partial charge in [-0.15, -0.1) is 0 Å². The van der Waals surface area contributed by atoms with Crippen molar-refractivity contribution >= 4 is 17.6 Å². The summed E-state index contributed by atoms with van der Waals surface area (Å²) in [6.45, 7) is 5.79. The Bertz CT molecular complexity index is 1090. The second-order valence-corrected chi connectivity index (χ2v) is 9.20. The van der Waals surface area contributed by atoms with Gasteiger partial charge in [-0.2, -0.15) is 0 Å². The highest BCUT2D eigenvalue weighted by Gasteiger charge is 2.26. The maximum Gasteiger partial charge on any atom is 0.309 e. The molecule has 8 nitrogen and oxygen atoms in total. The Morgan fingerprint density at radius 2 is 1.94 bits per heavy atom. The molecule has 2 N–H and O–H groups in total. The Balaban J connectivity index is 1.30. The average Bonchev–Trinajstić information content (AvgIpc) is 2.83. The van der Waals surface area contributed by atoms with Crippen LogP contribution >= 0.6 is 0 Å². The van der Waals surface area contributed by atoms with Gasteiger partial charge in [0.1, 0.15) is 5.56 Å². The fourth-order valence-corrected chi connectivity index (χ4v) is 4.84. The number of likely N-dealkylation sites (tertiary alicyclic amines) is 1. The number of carbonyl (C=O) groups excluding carboxylic acids is 2. The number of esters is 1. The number of hydrogen-bond donors (Lipinski definition) is 2. The third-order valence-electron chi connectivity index (χ3n) is 6.76. The van der Waals surface area contributed by atoms with E-state index in [9.17, 15) is 14.4 Å². The number of nitrogens with zero attached hydrogens (tertiary/aromatic N) is 2. The lowest BCUT2D eigenvalue weighted by Crippen LogP contribution is -2.37. The van der Waals surface area contributed by atoms with Gasteiger partial charge in [-0.3, -0.25) is 19.3 Å². The normalized spacial score (nSPS) is 16.7. The Morgan fingerprint density at radius 1 is 1.15 bits per heavy atom. The first kappa shape index (κ1) is 24.0. The average molecular weight is 467 g/mol. The molecule has 0 spiro atoms. The predicted molar refractivity (Wildman–Crippen MR) is 131 cm³/mol. The number of pyridine rings is 1. The van der Waals surface area contributed by atoms with Crippen molar-refractivity contribution in [3.63, 3.8) is 0 Å². The van der Waals surface area contributed by atoms with Gasteiger partial charge in [0.05, 0.1) is 12.5 Å². The van der Waals surface area contributed by atoms with Crippen molar-refractivity contribution in [1.82, 2.24) is 15.2 Å². The van der Waals surface area contributed by atoms with E-state index >= 15 is 0 Å². The molecule has 0 aliphatic carbocycles. The molecule has 1 aromatic heterocycles. The van der Waals surface area contributed by atoms with E-state index in [4.69, 9.17) is 4.74 Å². The number of aryl methyl sites for hydroxylation is 1. The van der Waals surface area contributed by atoms with E-state index in [1.807, 2.05) is 13.0 Å². The van der Waals surface area contributed by atoms with Crippen LogP contribution in [0.1, 0.15) is 53.4 Å². The van der Waals surface area contributed by atoms with Crippen LogP contribution in [0.15, 0.2) is 35.1 Å². The van der Waals surface area contributed by atoms with Crippen LogP contribution < -0.4 is 15.8 Å². The van der Waals surface area contributed by atoms with Crippen molar-refractivity contribution in [2.24, 2.45) is 5.92 Å². The van der Waals surface area contributed by atoms with Gasteiger partial charge >= 0.3 is 5.97 Å². The summed E-state index contributed by atoms with van der Waals surface area (Å²) in [5, 5.41) is 2.87. The molecule has 1 saturated heterocycles. The summed E-state index contributed by atoms with van der Waals surface area (Å²) in [6.07, 6.45) is 3.68. The van der Waals surface area contributed by atoms with Gasteiger partial charge in [0, 0.05) is 38.1 Å². The largest absolute Gasteiger partial charge is 0.466 e. The number of carbonyl (C=O) groups is 2. The highest BCUT2D eigenvalue weighted by Crippen LogP contribution is 2.26. The molecular weight excluding hydrogens is 432 g/mol. The number of hydrogen-bond acceptors (Lipinski definition) is 6. The number of ether oxygens (including phenoxy) is 1. The zero-order chi connectivity index (χ0) is 24.1. The molecule has 34 heavy (non-hydrogen) atoms. The lowest BCUT2D eigenvalue weighted by atomic mass is 9.97. The molecule has 2 aliphatic heterocycles. The Labute approximate surface area is 200 Å². The summed E-state index contributed by atoms with van der Waals surface area (Å²) in [5.41, 5.74) is 4.06. The fraction of sp³-hybridized carbons (Fsp3) is 0.500. The van der Waals surface area contributed by atoms with Crippen LogP contribution in [0.5, 0.6) is 0 Å². The minimum atomic E-state index is -0.386. The van der Waals surface area contributed by atoms with Crippen molar-refractivity contribution < 1.29 is 14.3 Å². The lowest BCUT2D eigenvalue weighted by molar-refractivity contribution is -0.149. The van der Waals surface area contributed by atoms with Crippen LogP contribution in [-0.2, 0) is 29.0 Å². The molecule has 3 heterocycles. The maximum atomic E-state index is 12.6. The highest BCUT2D eigenvalue weighted by atomic mass is 16.5. The van der Waals surface area contributed by atoms with Crippen molar-refractivity contribution in [3.05, 3.63) is 63.1 Å². The van der Waals surface area contributed by atoms with E-state index in [1.165, 1.54) is 11.3 Å². The highest BCUT2D eigenvalue weighted by molar-refractivity contribution is 5.93. The van der Waals surface area contributed by atoms with Gasteiger partial charge in [0.15, 0.2) is 0 Å². The number of nitrogens with one attached hydrogen (secondary N) is 2. The van der Waals surface area contributed by atoms with Crippen LogP contribution in [0.2, 0.25) is 0 Å². The molecule has 0 saturated carbocycles. The minimum absolute atomic E-state index is 0.0441. The summed E-state index contributed by atoms with van der Waals surface area (Å²) in [7, 11) is 2.10. The van der Waals surface area contributed by atoms with Crippen molar-refractivity contribution in [2.45, 2.75) is 45.7 Å². The third-order valence-corrected chi connectivity index (χ3v) is 6.76. The molecule has 1 fully saturated rings. The standard InChI is InChI=1S/C26H34N4O4/c1-3-34-26(33)19-10-13-30(14-11-19)17-21-7-8-22(25(32)28-21)24(31)27-16-18-6-9-23-20(15-18)5-4-12-29(23)2/h6-9,15,19H,3-5,10-14,16-17H2,1-2H3,(H,27,31)(H,28,32). The van der Waals surface area contributed by atoms with E-state index < -0.39 is 0 Å². The Morgan fingerprint density at radius 3 is 2.68 bits per heavy atom. The predicted octanol–water partition coefficient (Wildman–Crippen LogP) is 2.46. The number of benzene rings is 1. The SMILES string of the molecule is CCOC(=O)C1CCN(Cc2ccc(C(=O)NCc3ccc4c(c3)CCCN4C)c(=O)[nH]2)CC1. The number of aromatic nitrogens is 1.